The molecule has 1 aromatic rings. The third-order valence-corrected chi connectivity index (χ3v) is 9.37. The first-order valence-corrected chi connectivity index (χ1v) is 13.7. The SMILES string of the molecule is CCC1=C(C(C)(C)c2cnc(C)s2)C=C(NC(=O)C(C)(C)N(C)CC2CCOCC2)C2=C(C=C2)C1. The van der Waals surface area contributed by atoms with Crippen LogP contribution < -0.4 is 5.32 Å². The van der Waals surface area contributed by atoms with Gasteiger partial charge < -0.3 is 10.1 Å². The Morgan fingerprint density at radius 3 is 2.51 bits per heavy atom. The zero-order valence-electron chi connectivity index (χ0n) is 22.5. The summed E-state index contributed by atoms with van der Waals surface area (Å²) in [5.74, 6) is 0.614. The number of allylic oxidation sites excluding steroid dienone is 6. The largest absolute Gasteiger partial charge is 0.381 e. The highest BCUT2D eigenvalue weighted by atomic mass is 32.1. The van der Waals surface area contributed by atoms with Crippen LogP contribution in [0.3, 0.4) is 0 Å². The quantitative estimate of drug-likeness (QED) is 0.492. The molecule has 2 heterocycles. The highest BCUT2D eigenvalue weighted by Crippen LogP contribution is 2.44. The van der Waals surface area contributed by atoms with Crippen LogP contribution in [-0.2, 0) is 14.9 Å². The monoisotopic (exact) mass is 495 g/mol. The average Bonchev–Trinajstić information content (AvgIpc) is 3.21. The minimum Gasteiger partial charge on any atom is -0.381 e. The molecule has 6 heteroatoms. The molecule has 0 atom stereocenters. The van der Waals surface area contributed by atoms with Crippen molar-refractivity contribution in [3.05, 3.63) is 62.3 Å². The number of rotatable bonds is 8. The van der Waals surface area contributed by atoms with E-state index < -0.39 is 5.54 Å². The Hall–Kier alpha value is -2.02. The van der Waals surface area contributed by atoms with Crippen LogP contribution in [0.5, 0.6) is 0 Å². The molecule has 35 heavy (non-hydrogen) atoms. The van der Waals surface area contributed by atoms with Crippen molar-refractivity contribution >= 4 is 17.2 Å². The summed E-state index contributed by atoms with van der Waals surface area (Å²) in [6.07, 6.45) is 12.6. The Balaban J connectivity index is 1.61. The van der Waals surface area contributed by atoms with Crippen LogP contribution >= 0.6 is 11.3 Å². The third kappa shape index (κ3) is 5.25. The van der Waals surface area contributed by atoms with Crippen molar-refractivity contribution in [2.24, 2.45) is 5.92 Å². The Kier molecular flexibility index (Phi) is 7.56. The van der Waals surface area contributed by atoms with Crippen LogP contribution in [0.15, 0.2) is 52.4 Å². The molecule has 1 amide bonds. The summed E-state index contributed by atoms with van der Waals surface area (Å²) in [6, 6.07) is 0. The average molecular weight is 496 g/mol. The minimum absolute atomic E-state index is 0.0381. The van der Waals surface area contributed by atoms with E-state index in [-0.39, 0.29) is 11.3 Å². The second kappa shape index (κ2) is 10.2. The number of nitrogens with one attached hydrogen (secondary N) is 1. The second-order valence-electron chi connectivity index (χ2n) is 11.2. The lowest BCUT2D eigenvalue weighted by atomic mass is 9.78. The summed E-state index contributed by atoms with van der Waals surface area (Å²) >= 11 is 1.76. The predicted octanol–water partition coefficient (Wildman–Crippen LogP) is 5.84. The van der Waals surface area contributed by atoms with Gasteiger partial charge in [-0.15, -0.1) is 11.3 Å². The number of thiazole rings is 1. The number of likely N-dealkylation sites (N-methyl/N-ethyl adjacent to an activating group) is 1. The lowest BCUT2D eigenvalue weighted by Gasteiger charge is -2.38. The lowest BCUT2D eigenvalue weighted by Crippen LogP contribution is -2.54. The summed E-state index contributed by atoms with van der Waals surface area (Å²) in [5.41, 5.74) is 5.32. The van der Waals surface area contributed by atoms with E-state index in [0.717, 1.165) is 56.1 Å². The Bertz CT molecular complexity index is 1100. The van der Waals surface area contributed by atoms with Gasteiger partial charge in [-0.1, -0.05) is 38.5 Å². The molecule has 1 fully saturated rings. The molecular weight excluding hydrogens is 454 g/mol. The molecule has 1 aliphatic heterocycles. The van der Waals surface area contributed by atoms with Gasteiger partial charge in [0.1, 0.15) is 0 Å². The molecule has 190 valence electrons. The van der Waals surface area contributed by atoms with Crippen molar-refractivity contribution < 1.29 is 9.53 Å². The van der Waals surface area contributed by atoms with Gasteiger partial charge in [-0.3, -0.25) is 9.69 Å². The zero-order chi connectivity index (χ0) is 25.4. The van der Waals surface area contributed by atoms with Crippen LogP contribution in [0.25, 0.3) is 0 Å². The van der Waals surface area contributed by atoms with Gasteiger partial charge in [-0.2, -0.15) is 0 Å². The summed E-state index contributed by atoms with van der Waals surface area (Å²) in [4.78, 5) is 21.7. The summed E-state index contributed by atoms with van der Waals surface area (Å²) < 4.78 is 5.52. The number of hydrogen-bond acceptors (Lipinski definition) is 5. The van der Waals surface area contributed by atoms with E-state index in [9.17, 15) is 4.79 Å². The standard InChI is InChI=1S/C29H41N3O2S/c1-8-21-15-22-9-10-23(22)25(16-24(21)28(3,4)26-17-30-19(2)35-26)31-27(33)29(5,6)32(7)18-20-11-13-34-14-12-20/h9-10,16-17,20H,8,11-15,18H2,1-7H3,(H,31,33). The summed E-state index contributed by atoms with van der Waals surface area (Å²) in [7, 11) is 2.07. The number of hydrogen-bond donors (Lipinski definition) is 1. The van der Waals surface area contributed by atoms with Crippen LogP contribution in [0, 0.1) is 12.8 Å². The molecule has 1 saturated heterocycles. The van der Waals surface area contributed by atoms with Gasteiger partial charge in [0.25, 0.3) is 0 Å². The predicted molar refractivity (Wildman–Crippen MR) is 144 cm³/mol. The Labute approximate surface area is 215 Å². The van der Waals surface area contributed by atoms with Crippen molar-refractivity contribution in [1.29, 1.82) is 0 Å². The lowest BCUT2D eigenvalue weighted by molar-refractivity contribution is -0.130. The van der Waals surface area contributed by atoms with Crippen molar-refractivity contribution in [3.8, 4) is 0 Å². The first-order chi connectivity index (χ1) is 16.5. The maximum absolute atomic E-state index is 13.7. The van der Waals surface area contributed by atoms with Crippen molar-refractivity contribution in [2.45, 2.75) is 78.2 Å². The molecule has 0 bridgehead atoms. The molecule has 0 radical (unpaired) electrons. The van der Waals surface area contributed by atoms with Crippen molar-refractivity contribution in [3.63, 3.8) is 0 Å². The molecule has 1 aromatic heterocycles. The van der Waals surface area contributed by atoms with E-state index in [4.69, 9.17) is 4.74 Å². The molecule has 0 unspecified atom stereocenters. The molecule has 3 aliphatic rings. The van der Waals surface area contributed by atoms with Gasteiger partial charge >= 0.3 is 0 Å². The van der Waals surface area contributed by atoms with Gasteiger partial charge in [-0.05, 0) is 76.6 Å². The van der Waals surface area contributed by atoms with E-state index in [1.54, 1.807) is 11.3 Å². The normalized spacial score (nSPS) is 19.5. The zero-order valence-corrected chi connectivity index (χ0v) is 23.3. The maximum atomic E-state index is 13.7. The van der Waals surface area contributed by atoms with E-state index in [1.807, 2.05) is 20.0 Å². The minimum atomic E-state index is -0.624. The molecule has 4 rings (SSSR count). The van der Waals surface area contributed by atoms with Crippen LogP contribution in [0.1, 0.15) is 70.2 Å². The fourth-order valence-electron chi connectivity index (χ4n) is 5.17. The third-order valence-electron chi connectivity index (χ3n) is 8.13. The van der Waals surface area contributed by atoms with Gasteiger partial charge in [0, 0.05) is 47.5 Å². The number of aryl methyl sites for hydroxylation is 1. The van der Waals surface area contributed by atoms with Gasteiger partial charge in [0.2, 0.25) is 5.91 Å². The smallest absolute Gasteiger partial charge is 0.244 e. The highest BCUT2D eigenvalue weighted by molar-refractivity contribution is 7.11. The molecule has 0 spiro atoms. The highest BCUT2D eigenvalue weighted by Gasteiger charge is 2.37. The van der Waals surface area contributed by atoms with Crippen molar-refractivity contribution in [1.82, 2.24) is 15.2 Å². The molecular formula is C29H41N3O2S. The van der Waals surface area contributed by atoms with Crippen LogP contribution in [-0.4, -0.2) is 48.1 Å². The maximum Gasteiger partial charge on any atom is 0.244 e. The molecule has 0 aromatic carbocycles. The molecule has 5 nitrogen and oxygen atoms in total. The number of ether oxygens (including phenoxy) is 1. The summed E-state index contributed by atoms with van der Waals surface area (Å²) in [6.45, 7) is 15.5. The van der Waals surface area contributed by atoms with Crippen LogP contribution in [0.2, 0.25) is 0 Å². The van der Waals surface area contributed by atoms with E-state index in [2.05, 4.69) is 68.2 Å². The van der Waals surface area contributed by atoms with E-state index in [1.165, 1.54) is 27.2 Å². The summed E-state index contributed by atoms with van der Waals surface area (Å²) in [5, 5.41) is 4.43. The Morgan fingerprint density at radius 1 is 1.23 bits per heavy atom. The van der Waals surface area contributed by atoms with Gasteiger partial charge in [0.05, 0.1) is 10.5 Å². The second-order valence-corrected chi connectivity index (χ2v) is 12.4. The number of carbonyl (C=O) groups is 1. The van der Waals surface area contributed by atoms with Crippen molar-refractivity contribution in [2.75, 3.05) is 26.8 Å². The first-order valence-electron chi connectivity index (χ1n) is 12.9. The van der Waals surface area contributed by atoms with Crippen LogP contribution in [0.4, 0.5) is 0 Å². The van der Waals surface area contributed by atoms with E-state index >= 15 is 0 Å². The number of carbonyl (C=O) groups excluding carboxylic acids is 1. The first kappa shape index (κ1) is 26.1. The fraction of sp³-hybridized carbons (Fsp3) is 0.586. The Morgan fingerprint density at radius 2 is 1.94 bits per heavy atom. The fourth-order valence-corrected chi connectivity index (χ4v) is 6.06. The van der Waals surface area contributed by atoms with Gasteiger partial charge in [-0.25, -0.2) is 4.98 Å². The number of nitrogens with zero attached hydrogens (tertiary/aromatic N) is 2. The van der Waals surface area contributed by atoms with E-state index in [0.29, 0.717) is 5.92 Å². The molecule has 0 saturated carbocycles. The topological polar surface area (TPSA) is 54.5 Å². The van der Waals surface area contributed by atoms with Gasteiger partial charge in [0.15, 0.2) is 0 Å². The number of amides is 1. The number of aromatic nitrogens is 1. The molecule has 1 N–H and O–H groups in total. The molecule has 2 aliphatic carbocycles.